The van der Waals surface area contributed by atoms with Crippen LogP contribution in [0.25, 0.3) is 10.1 Å². The van der Waals surface area contributed by atoms with Gasteiger partial charge in [0, 0.05) is 10.4 Å². The average molecular weight is 302 g/mol. The molecular formula is C14H10N2O4S. The number of hydrogen-bond acceptors (Lipinski definition) is 6. The minimum atomic E-state index is -0.379. The Morgan fingerprint density at radius 2 is 2.19 bits per heavy atom. The molecule has 3 rings (SSSR count). The Bertz CT molecular complexity index is 808. The van der Waals surface area contributed by atoms with E-state index >= 15 is 0 Å². The number of thiophene rings is 1. The Morgan fingerprint density at radius 3 is 2.90 bits per heavy atom. The maximum Gasteiger partial charge on any atom is 0.348 e. The van der Waals surface area contributed by atoms with Gasteiger partial charge < -0.3 is 14.5 Å². The Balaban J connectivity index is 1.87. The molecule has 0 aliphatic rings. The molecule has 0 saturated carbocycles. The molecule has 0 unspecified atom stereocenters. The van der Waals surface area contributed by atoms with Crippen LogP contribution in [-0.2, 0) is 4.74 Å². The number of nitrogens with one attached hydrogen (secondary N) is 1. The van der Waals surface area contributed by atoms with Crippen LogP contribution in [-0.4, -0.2) is 24.0 Å². The zero-order valence-corrected chi connectivity index (χ0v) is 11.8. The van der Waals surface area contributed by atoms with Crippen molar-refractivity contribution < 1.29 is 18.7 Å². The maximum atomic E-state index is 11.9. The van der Waals surface area contributed by atoms with E-state index in [1.165, 1.54) is 31.0 Å². The molecule has 0 bridgehead atoms. The average Bonchev–Trinajstić information content (AvgIpc) is 3.15. The van der Waals surface area contributed by atoms with Crippen LogP contribution in [0.5, 0.6) is 0 Å². The van der Waals surface area contributed by atoms with Crippen molar-refractivity contribution in [3.63, 3.8) is 0 Å². The molecule has 2 aromatic heterocycles. The van der Waals surface area contributed by atoms with Crippen LogP contribution >= 0.6 is 11.3 Å². The summed E-state index contributed by atoms with van der Waals surface area (Å²) in [5, 5.41) is 3.56. The van der Waals surface area contributed by atoms with Crippen molar-refractivity contribution in [3.05, 3.63) is 47.5 Å². The molecule has 2 heterocycles. The van der Waals surface area contributed by atoms with E-state index in [-0.39, 0.29) is 17.6 Å². The van der Waals surface area contributed by atoms with Gasteiger partial charge in [-0.2, -0.15) is 0 Å². The molecule has 3 aromatic rings. The summed E-state index contributed by atoms with van der Waals surface area (Å²) in [4.78, 5) is 27.6. The van der Waals surface area contributed by atoms with Crippen molar-refractivity contribution in [3.8, 4) is 0 Å². The minimum Gasteiger partial charge on any atom is -0.465 e. The number of ether oxygens (including phenoxy) is 1. The second-order valence-electron chi connectivity index (χ2n) is 4.17. The van der Waals surface area contributed by atoms with Gasteiger partial charge in [0.15, 0.2) is 6.39 Å². The SMILES string of the molecule is COC(=O)c1cc2cc(NC(=O)c3cnco3)ccc2s1. The van der Waals surface area contributed by atoms with Crippen LogP contribution in [0.15, 0.2) is 41.3 Å². The van der Waals surface area contributed by atoms with Crippen molar-refractivity contribution in [1.82, 2.24) is 4.98 Å². The molecule has 0 aliphatic carbocycles. The molecule has 1 aromatic carbocycles. The van der Waals surface area contributed by atoms with E-state index < -0.39 is 0 Å². The number of benzene rings is 1. The van der Waals surface area contributed by atoms with Gasteiger partial charge in [-0.05, 0) is 29.7 Å². The highest BCUT2D eigenvalue weighted by Gasteiger charge is 2.12. The summed E-state index contributed by atoms with van der Waals surface area (Å²) in [6.45, 7) is 0. The van der Waals surface area contributed by atoms with E-state index in [4.69, 9.17) is 9.15 Å². The third kappa shape index (κ3) is 2.63. The molecule has 0 aliphatic heterocycles. The van der Waals surface area contributed by atoms with Crippen LogP contribution in [0.4, 0.5) is 5.69 Å². The van der Waals surface area contributed by atoms with Gasteiger partial charge in [-0.15, -0.1) is 11.3 Å². The molecule has 7 heteroatoms. The van der Waals surface area contributed by atoms with Gasteiger partial charge in [0.05, 0.1) is 13.3 Å². The van der Waals surface area contributed by atoms with Crippen molar-refractivity contribution in [2.45, 2.75) is 0 Å². The van der Waals surface area contributed by atoms with Gasteiger partial charge in [-0.1, -0.05) is 0 Å². The number of fused-ring (bicyclic) bond motifs is 1. The predicted molar refractivity (Wildman–Crippen MR) is 77.6 cm³/mol. The first-order valence-corrected chi connectivity index (χ1v) is 6.81. The van der Waals surface area contributed by atoms with E-state index in [9.17, 15) is 9.59 Å². The quantitative estimate of drug-likeness (QED) is 0.752. The summed E-state index contributed by atoms with van der Waals surface area (Å²) in [6, 6.07) is 7.11. The van der Waals surface area contributed by atoms with E-state index in [0.717, 1.165) is 10.1 Å². The smallest absolute Gasteiger partial charge is 0.348 e. The highest BCUT2D eigenvalue weighted by atomic mass is 32.1. The Hall–Kier alpha value is -2.67. The predicted octanol–water partition coefficient (Wildman–Crippen LogP) is 2.93. The molecule has 1 amide bonds. The second kappa shape index (κ2) is 5.37. The zero-order chi connectivity index (χ0) is 14.8. The number of anilines is 1. The van der Waals surface area contributed by atoms with Crippen molar-refractivity contribution >= 4 is 39.0 Å². The lowest BCUT2D eigenvalue weighted by atomic mass is 10.2. The Labute approximate surface area is 123 Å². The Morgan fingerprint density at radius 1 is 1.33 bits per heavy atom. The standard InChI is InChI=1S/C14H10N2O4S/c1-19-14(18)12-5-8-4-9(2-3-11(8)21-12)16-13(17)10-6-15-7-20-10/h2-7H,1H3,(H,16,17). The summed E-state index contributed by atoms with van der Waals surface area (Å²) in [5.41, 5.74) is 0.609. The summed E-state index contributed by atoms with van der Waals surface area (Å²) in [5.74, 6) is -0.616. The van der Waals surface area contributed by atoms with E-state index in [1.54, 1.807) is 18.2 Å². The molecule has 0 atom stereocenters. The molecule has 0 fully saturated rings. The topological polar surface area (TPSA) is 81.4 Å². The first-order chi connectivity index (χ1) is 10.2. The minimum absolute atomic E-state index is 0.135. The summed E-state index contributed by atoms with van der Waals surface area (Å²) < 4.78 is 10.6. The van der Waals surface area contributed by atoms with Gasteiger partial charge in [-0.25, -0.2) is 9.78 Å². The van der Waals surface area contributed by atoms with Crippen LogP contribution in [0.2, 0.25) is 0 Å². The Kier molecular flexibility index (Phi) is 3.41. The number of nitrogens with zero attached hydrogens (tertiary/aromatic N) is 1. The molecule has 0 spiro atoms. The molecule has 1 N–H and O–H groups in total. The fourth-order valence-corrected chi connectivity index (χ4v) is 2.80. The van der Waals surface area contributed by atoms with E-state index in [1.807, 2.05) is 6.07 Å². The summed E-state index contributed by atoms with van der Waals surface area (Å²) in [6.07, 6.45) is 2.54. The fraction of sp³-hybridized carbons (Fsp3) is 0.0714. The number of amides is 1. The molecule has 0 radical (unpaired) electrons. The number of esters is 1. The number of oxazole rings is 1. The lowest BCUT2D eigenvalue weighted by molar-refractivity contribution is 0.0606. The molecule has 21 heavy (non-hydrogen) atoms. The monoisotopic (exact) mass is 302 g/mol. The van der Waals surface area contributed by atoms with Crippen LogP contribution < -0.4 is 5.32 Å². The summed E-state index contributed by atoms with van der Waals surface area (Å²) in [7, 11) is 1.34. The van der Waals surface area contributed by atoms with Crippen molar-refractivity contribution in [1.29, 1.82) is 0 Å². The molecule has 106 valence electrons. The highest BCUT2D eigenvalue weighted by Crippen LogP contribution is 2.28. The van der Waals surface area contributed by atoms with Gasteiger partial charge in [0.25, 0.3) is 5.91 Å². The van der Waals surface area contributed by atoms with Crippen LogP contribution in [0.1, 0.15) is 20.2 Å². The first kappa shape index (κ1) is 13.3. The number of aromatic nitrogens is 1. The maximum absolute atomic E-state index is 11.9. The number of carbonyl (C=O) groups is 2. The molecule has 0 saturated heterocycles. The normalized spacial score (nSPS) is 10.5. The molecular weight excluding hydrogens is 292 g/mol. The third-order valence-electron chi connectivity index (χ3n) is 2.82. The molecule has 6 nitrogen and oxygen atoms in total. The van der Waals surface area contributed by atoms with Gasteiger partial charge >= 0.3 is 5.97 Å². The van der Waals surface area contributed by atoms with Gasteiger partial charge in [0.1, 0.15) is 4.88 Å². The lowest BCUT2D eigenvalue weighted by Gasteiger charge is -2.02. The first-order valence-electron chi connectivity index (χ1n) is 5.99. The number of rotatable bonds is 3. The third-order valence-corrected chi connectivity index (χ3v) is 3.91. The summed E-state index contributed by atoms with van der Waals surface area (Å²) >= 11 is 1.34. The lowest BCUT2D eigenvalue weighted by Crippen LogP contribution is -2.10. The number of hydrogen-bond donors (Lipinski definition) is 1. The second-order valence-corrected chi connectivity index (χ2v) is 5.26. The van der Waals surface area contributed by atoms with Crippen molar-refractivity contribution in [2.24, 2.45) is 0 Å². The van der Waals surface area contributed by atoms with Gasteiger partial charge in [-0.3, -0.25) is 4.79 Å². The largest absolute Gasteiger partial charge is 0.465 e. The van der Waals surface area contributed by atoms with E-state index in [0.29, 0.717) is 10.6 Å². The van der Waals surface area contributed by atoms with Crippen LogP contribution in [0.3, 0.4) is 0 Å². The van der Waals surface area contributed by atoms with E-state index in [2.05, 4.69) is 10.3 Å². The number of methoxy groups -OCH3 is 1. The number of carbonyl (C=O) groups excluding carboxylic acids is 2. The van der Waals surface area contributed by atoms with Crippen LogP contribution in [0, 0.1) is 0 Å². The van der Waals surface area contributed by atoms with Gasteiger partial charge in [0.2, 0.25) is 5.76 Å². The fourth-order valence-electron chi connectivity index (χ4n) is 1.84. The van der Waals surface area contributed by atoms with Crippen molar-refractivity contribution in [2.75, 3.05) is 12.4 Å². The highest BCUT2D eigenvalue weighted by molar-refractivity contribution is 7.20. The zero-order valence-electron chi connectivity index (χ0n) is 11.0.